The second-order valence-corrected chi connectivity index (χ2v) is 4.54. The van der Waals surface area contributed by atoms with E-state index in [2.05, 4.69) is 0 Å². The number of primary amides is 1. The molecule has 1 aliphatic rings. The molecule has 0 unspecified atom stereocenters. The van der Waals surface area contributed by atoms with Gasteiger partial charge in [0.2, 0.25) is 5.91 Å². The zero-order valence-corrected chi connectivity index (χ0v) is 10.2. The number of hydrogen-bond donors (Lipinski definition) is 1. The fraction of sp³-hybridized carbons (Fsp3) is 0.385. The van der Waals surface area contributed by atoms with Gasteiger partial charge in [0.15, 0.2) is 11.6 Å². The third kappa shape index (κ3) is 2.50. The van der Waals surface area contributed by atoms with Gasteiger partial charge in [-0.15, -0.1) is 0 Å². The van der Waals surface area contributed by atoms with Crippen molar-refractivity contribution in [2.24, 2.45) is 11.7 Å². The third-order valence-corrected chi connectivity index (χ3v) is 3.42. The fourth-order valence-corrected chi connectivity index (χ4v) is 2.27. The second-order valence-electron chi connectivity index (χ2n) is 4.54. The molecule has 1 saturated heterocycles. The van der Waals surface area contributed by atoms with Crippen LogP contribution in [0.1, 0.15) is 18.4 Å². The first-order valence-corrected chi connectivity index (χ1v) is 5.97. The van der Waals surface area contributed by atoms with Crippen molar-refractivity contribution in [1.82, 2.24) is 0 Å². The van der Waals surface area contributed by atoms with Crippen LogP contribution < -0.4 is 10.6 Å². The summed E-state index contributed by atoms with van der Waals surface area (Å²) in [5.41, 5.74) is 5.03. The molecule has 1 fully saturated rings. The quantitative estimate of drug-likeness (QED) is 0.881. The molecule has 2 rings (SSSR count). The summed E-state index contributed by atoms with van der Waals surface area (Å²) in [6.45, 7) is 0.881. The molecule has 4 nitrogen and oxygen atoms in total. The highest BCUT2D eigenvalue weighted by Gasteiger charge is 2.26. The molecule has 19 heavy (non-hydrogen) atoms. The van der Waals surface area contributed by atoms with Crippen molar-refractivity contribution < 1.29 is 13.6 Å². The van der Waals surface area contributed by atoms with Crippen LogP contribution in [-0.4, -0.2) is 19.0 Å². The average Bonchev–Trinajstić information content (AvgIpc) is 2.42. The lowest BCUT2D eigenvalue weighted by molar-refractivity contribution is -0.122. The van der Waals surface area contributed by atoms with E-state index in [4.69, 9.17) is 11.0 Å². The van der Waals surface area contributed by atoms with Crippen molar-refractivity contribution in [2.75, 3.05) is 18.0 Å². The summed E-state index contributed by atoms with van der Waals surface area (Å²) in [6, 6.07) is 4.24. The Hall–Kier alpha value is -2.16. The maximum atomic E-state index is 13.8. The molecule has 0 bridgehead atoms. The number of hydrogen-bond acceptors (Lipinski definition) is 3. The molecule has 0 spiro atoms. The highest BCUT2D eigenvalue weighted by Crippen LogP contribution is 2.28. The highest BCUT2D eigenvalue weighted by atomic mass is 19.2. The molecule has 0 aromatic heterocycles. The van der Waals surface area contributed by atoms with Crippen molar-refractivity contribution in [3.8, 4) is 6.07 Å². The summed E-state index contributed by atoms with van der Waals surface area (Å²) in [5, 5.41) is 8.62. The van der Waals surface area contributed by atoms with Gasteiger partial charge in [0.1, 0.15) is 6.07 Å². The minimum absolute atomic E-state index is 0.124. The van der Waals surface area contributed by atoms with Crippen LogP contribution in [0.2, 0.25) is 0 Å². The van der Waals surface area contributed by atoms with Crippen molar-refractivity contribution in [1.29, 1.82) is 5.26 Å². The number of carbonyl (C=O) groups excluding carboxylic acids is 1. The Labute approximate surface area is 109 Å². The Morgan fingerprint density at radius 1 is 1.32 bits per heavy atom. The maximum absolute atomic E-state index is 13.8. The number of piperidine rings is 1. The van der Waals surface area contributed by atoms with E-state index in [0.717, 1.165) is 0 Å². The van der Waals surface area contributed by atoms with Gasteiger partial charge in [0.05, 0.1) is 11.3 Å². The molecule has 0 aliphatic carbocycles. The summed E-state index contributed by atoms with van der Waals surface area (Å²) in [5.74, 6) is -2.71. The molecule has 0 saturated carbocycles. The van der Waals surface area contributed by atoms with Gasteiger partial charge < -0.3 is 10.6 Å². The third-order valence-electron chi connectivity index (χ3n) is 3.42. The lowest BCUT2D eigenvalue weighted by Crippen LogP contribution is -2.39. The number of halogens is 2. The summed E-state index contributed by atoms with van der Waals surface area (Å²) < 4.78 is 27.4. The number of benzene rings is 1. The molecule has 1 aliphatic heterocycles. The number of nitrogens with two attached hydrogens (primary N) is 1. The smallest absolute Gasteiger partial charge is 0.220 e. The minimum Gasteiger partial charge on any atom is -0.369 e. The number of rotatable bonds is 2. The Bertz CT molecular complexity index is 546. The molecular weight excluding hydrogens is 252 g/mol. The molecule has 0 atom stereocenters. The predicted octanol–water partition coefficient (Wildman–Crippen LogP) is 1.54. The van der Waals surface area contributed by atoms with Gasteiger partial charge in [-0.3, -0.25) is 4.79 Å². The minimum atomic E-state index is -1.13. The average molecular weight is 265 g/mol. The topological polar surface area (TPSA) is 70.1 Å². The van der Waals surface area contributed by atoms with E-state index in [0.29, 0.717) is 25.9 Å². The van der Waals surface area contributed by atoms with Crippen molar-refractivity contribution >= 4 is 11.6 Å². The number of anilines is 1. The zero-order valence-electron chi connectivity index (χ0n) is 10.2. The maximum Gasteiger partial charge on any atom is 0.220 e. The van der Waals surface area contributed by atoms with Gasteiger partial charge >= 0.3 is 0 Å². The van der Waals surface area contributed by atoms with Gasteiger partial charge in [-0.2, -0.15) is 5.26 Å². The van der Waals surface area contributed by atoms with Gasteiger partial charge in [0, 0.05) is 19.0 Å². The van der Waals surface area contributed by atoms with Crippen LogP contribution in [-0.2, 0) is 4.79 Å². The van der Waals surface area contributed by atoms with Crippen molar-refractivity contribution in [2.45, 2.75) is 12.8 Å². The van der Waals surface area contributed by atoms with Crippen LogP contribution >= 0.6 is 0 Å². The summed E-state index contributed by atoms with van der Waals surface area (Å²) in [4.78, 5) is 12.7. The van der Waals surface area contributed by atoms with Gasteiger partial charge in [0.25, 0.3) is 0 Å². The molecule has 6 heteroatoms. The van der Waals surface area contributed by atoms with E-state index in [1.54, 1.807) is 11.0 Å². The van der Waals surface area contributed by atoms with E-state index < -0.39 is 11.6 Å². The van der Waals surface area contributed by atoms with Gasteiger partial charge in [-0.25, -0.2) is 8.78 Å². The Morgan fingerprint density at radius 3 is 2.47 bits per heavy atom. The van der Waals surface area contributed by atoms with Gasteiger partial charge in [-0.05, 0) is 25.0 Å². The first-order valence-electron chi connectivity index (χ1n) is 5.97. The Kier molecular flexibility index (Phi) is 3.65. The van der Waals surface area contributed by atoms with Crippen LogP contribution in [0.4, 0.5) is 14.5 Å². The van der Waals surface area contributed by atoms with Crippen LogP contribution in [0.15, 0.2) is 12.1 Å². The lowest BCUT2D eigenvalue weighted by atomic mass is 9.96. The first-order chi connectivity index (χ1) is 9.04. The Morgan fingerprint density at radius 2 is 1.95 bits per heavy atom. The first kappa shape index (κ1) is 13.3. The second kappa shape index (κ2) is 5.22. The number of nitrogens with zero attached hydrogens (tertiary/aromatic N) is 2. The van der Waals surface area contributed by atoms with Gasteiger partial charge in [-0.1, -0.05) is 0 Å². The molecule has 1 aromatic carbocycles. The summed E-state index contributed by atoms with van der Waals surface area (Å²) in [6.07, 6.45) is 1.05. The molecule has 0 radical (unpaired) electrons. The molecule has 2 N–H and O–H groups in total. The molecule has 1 amide bonds. The number of amides is 1. The van der Waals surface area contributed by atoms with E-state index in [-0.39, 0.29) is 23.1 Å². The fourth-order valence-electron chi connectivity index (χ4n) is 2.27. The zero-order chi connectivity index (χ0) is 14.0. The van der Waals surface area contributed by atoms with Crippen molar-refractivity contribution in [3.05, 3.63) is 29.3 Å². The van der Waals surface area contributed by atoms with Crippen LogP contribution in [0.5, 0.6) is 0 Å². The largest absolute Gasteiger partial charge is 0.369 e. The summed E-state index contributed by atoms with van der Waals surface area (Å²) >= 11 is 0. The molecule has 100 valence electrons. The van der Waals surface area contributed by atoms with Crippen LogP contribution in [0.3, 0.4) is 0 Å². The monoisotopic (exact) mass is 265 g/mol. The summed E-state index contributed by atoms with van der Waals surface area (Å²) in [7, 11) is 0. The van der Waals surface area contributed by atoms with E-state index in [1.165, 1.54) is 12.1 Å². The highest BCUT2D eigenvalue weighted by molar-refractivity contribution is 5.77. The number of carbonyl (C=O) groups is 1. The van der Waals surface area contributed by atoms with Crippen LogP contribution in [0.25, 0.3) is 0 Å². The molecule has 1 aromatic rings. The molecular formula is C13H13F2N3O. The van der Waals surface area contributed by atoms with Crippen molar-refractivity contribution in [3.63, 3.8) is 0 Å². The Balaban J connectivity index is 2.19. The van der Waals surface area contributed by atoms with E-state index in [1.807, 2.05) is 0 Å². The SMILES string of the molecule is N#Cc1ccc(N2CCC(C(N)=O)CC2)c(F)c1F. The van der Waals surface area contributed by atoms with E-state index >= 15 is 0 Å². The number of nitriles is 1. The van der Waals surface area contributed by atoms with E-state index in [9.17, 15) is 13.6 Å². The van der Waals surface area contributed by atoms with Crippen LogP contribution in [0, 0.1) is 28.9 Å². The standard InChI is InChI=1S/C13H13F2N3O/c14-11-9(7-16)1-2-10(12(11)15)18-5-3-8(4-6-18)13(17)19/h1-2,8H,3-6H2,(H2,17,19). The normalized spacial score (nSPS) is 16.2. The predicted molar refractivity (Wildman–Crippen MR) is 65.2 cm³/mol. The lowest BCUT2D eigenvalue weighted by Gasteiger charge is -2.32. The molecule has 1 heterocycles.